The Hall–Kier alpha value is -3.61. The van der Waals surface area contributed by atoms with Crippen molar-refractivity contribution in [3.63, 3.8) is 0 Å². The minimum absolute atomic E-state index is 0.0869. The van der Waals surface area contributed by atoms with E-state index in [9.17, 15) is 9.59 Å². The zero-order chi connectivity index (χ0) is 22.1. The van der Waals surface area contributed by atoms with Crippen LogP contribution >= 0.6 is 0 Å². The second kappa shape index (κ2) is 8.26. The van der Waals surface area contributed by atoms with E-state index in [1.165, 1.54) is 0 Å². The zero-order valence-corrected chi connectivity index (χ0v) is 18.2. The second-order valence-electron chi connectivity index (χ2n) is 8.06. The first-order chi connectivity index (χ1) is 14.9. The molecule has 0 saturated carbocycles. The maximum Gasteiger partial charge on any atom is 0.229 e. The number of aromatic nitrogens is 2. The van der Waals surface area contributed by atoms with Crippen molar-refractivity contribution < 1.29 is 14.3 Å². The van der Waals surface area contributed by atoms with Gasteiger partial charge in [0, 0.05) is 24.2 Å². The van der Waals surface area contributed by atoms with Crippen LogP contribution in [0, 0.1) is 26.7 Å². The lowest BCUT2D eigenvalue weighted by molar-refractivity contribution is -0.122. The van der Waals surface area contributed by atoms with Gasteiger partial charge in [-0.1, -0.05) is 17.7 Å². The monoisotopic (exact) mass is 418 g/mol. The fourth-order valence-electron chi connectivity index (χ4n) is 3.90. The third-order valence-corrected chi connectivity index (χ3v) is 5.54. The van der Waals surface area contributed by atoms with Crippen LogP contribution in [0.4, 0.5) is 11.4 Å². The molecule has 0 radical (unpaired) electrons. The number of hydrogen-bond acceptors (Lipinski definition) is 4. The Labute approximate surface area is 181 Å². The maximum absolute atomic E-state index is 13.1. The average Bonchev–Trinajstić information content (AvgIpc) is 3.35. The van der Waals surface area contributed by atoms with Crippen LogP contribution in [-0.4, -0.2) is 35.7 Å². The first-order valence-electron chi connectivity index (χ1n) is 10.2. The summed E-state index contributed by atoms with van der Waals surface area (Å²) in [6.45, 7) is 6.21. The number of H-pyrrole nitrogens is 1. The Morgan fingerprint density at radius 3 is 2.58 bits per heavy atom. The molecule has 0 spiro atoms. The standard InChI is InChI=1S/C24H26N4O3/c1-14-5-7-19(18(9-14)20-11-16(3)26-27-20)25-24(30)17-12-23(29)28(13-17)21-10-15(2)6-8-22(21)31-4/h5-11,17H,12-13H2,1-4H3,(H,25,30)(H,26,27). The molecule has 2 aromatic carbocycles. The zero-order valence-electron chi connectivity index (χ0n) is 18.2. The van der Waals surface area contributed by atoms with Crippen LogP contribution in [0.15, 0.2) is 42.5 Å². The maximum atomic E-state index is 13.1. The first kappa shape index (κ1) is 20.7. The molecule has 1 aliphatic heterocycles. The van der Waals surface area contributed by atoms with Crippen LogP contribution in [0.3, 0.4) is 0 Å². The molecule has 2 amide bonds. The van der Waals surface area contributed by atoms with Crippen molar-refractivity contribution in [1.29, 1.82) is 0 Å². The lowest BCUT2D eigenvalue weighted by Gasteiger charge is -2.20. The molecule has 7 heteroatoms. The lowest BCUT2D eigenvalue weighted by Crippen LogP contribution is -2.28. The fraction of sp³-hybridized carbons (Fsp3) is 0.292. The molecule has 1 aliphatic rings. The quantitative estimate of drug-likeness (QED) is 0.656. The van der Waals surface area contributed by atoms with Gasteiger partial charge >= 0.3 is 0 Å². The molecule has 1 aromatic heterocycles. The van der Waals surface area contributed by atoms with Crippen LogP contribution in [0.25, 0.3) is 11.3 Å². The molecule has 4 rings (SSSR count). The molecule has 0 bridgehead atoms. The summed E-state index contributed by atoms with van der Waals surface area (Å²) in [6, 6.07) is 13.4. The van der Waals surface area contributed by atoms with Gasteiger partial charge < -0.3 is 15.0 Å². The normalized spacial score (nSPS) is 15.9. The Morgan fingerprint density at radius 1 is 1.13 bits per heavy atom. The predicted molar refractivity (Wildman–Crippen MR) is 120 cm³/mol. The van der Waals surface area contributed by atoms with E-state index in [1.54, 1.807) is 12.0 Å². The van der Waals surface area contributed by atoms with E-state index in [0.717, 1.165) is 28.1 Å². The topological polar surface area (TPSA) is 87.3 Å². The van der Waals surface area contributed by atoms with Gasteiger partial charge in [-0.2, -0.15) is 5.10 Å². The summed E-state index contributed by atoms with van der Waals surface area (Å²) in [5.74, 6) is -0.0986. The number of nitrogens with one attached hydrogen (secondary N) is 2. The Morgan fingerprint density at radius 2 is 1.87 bits per heavy atom. The average molecular weight is 418 g/mol. The number of amides is 2. The van der Waals surface area contributed by atoms with Gasteiger partial charge in [0.2, 0.25) is 11.8 Å². The largest absolute Gasteiger partial charge is 0.495 e. The van der Waals surface area contributed by atoms with Gasteiger partial charge in [0.1, 0.15) is 5.75 Å². The van der Waals surface area contributed by atoms with E-state index in [2.05, 4.69) is 15.5 Å². The fourth-order valence-corrected chi connectivity index (χ4v) is 3.90. The highest BCUT2D eigenvalue weighted by Gasteiger charge is 2.36. The van der Waals surface area contributed by atoms with Crippen LogP contribution in [0.2, 0.25) is 0 Å². The van der Waals surface area contributed by atoms with Gasteiger partial charge in [-0.3, -0.25) is 14.7 Å². The van der Waals surface area contributed by atoms with Crippen molar-refractivity contribution in [2.45, 2.75) is 27.2 Å². The molecule has 31 heavy (non-hydrogen) atoms. The number of benzene rings is 2. The summed E-state index contributed by atoms with van der Waals surface area (Å²) in [6.07, 6.45) is 0.158. The Bertz CT molecular complexity index is 1150. The highest BCUT2D eigenvalue weighted by Crippen LogP contribution is 2.35. The van der Waals surface area contributed by atoms with Crippen molar-refractivity contribution in [3.05, 3.63) is 59.3 Å². The molecular formula is C24H26N4O3. The summed E-state index contributed by atoms with van der Waals surface area (Å²) in [4.78, 5) is 27.5. The van der Waals surface area contributed by atoms with Gasteiger partial charge in [0.15, 0.2) is 0 Å². The molecule has 3 aromatic rings. The lowest BCUT2D eigenvalue weighted by atomic mass is 10.0. The van der Waals surface area contributed by atoms with Crippen molar-refractivity contribution in [2.75, 3.05) is 23.9 Å². The number of nitrogens with zero attached hydrogens (tertiary/aromatic N) is 2. The van der Waals surface area contributed by atoms with Gasteiger partial charge in [0.25, 0.3) is 0 Å². The van der Waals surface area contributed by atoms with Crippen molar-refractivity contribution in [2.24, 2.45) is 5.92 Å². The van der Waals surface area contributed by atoms with E-state index in [4.69, 9.17) is 4.74 Å². The Kier molecular flexibility index (Phi) is 5.50. The number of rotatable bonds is 5. The van der Waals surface area contributed by atoms with Gasteiger partial charge in [-0.05, 0) is 56.7 Å². The minimum Gasteiger partial charge on any atom is -0.495 e. The SMILES string of the molecule is COc1ccc(C)cc1N1CC(C(=O)Nc2ccc(C)cc2-c2cc(C)[nH]n2)CC1=O. The van der Waals surface area contributed by atoms with Crippen LogP contribution in [0.1, 0.15) is 23.2 Å². The number of carbonyl (C=O) groups is 2. The smallest absolute Gasteiger partial charge is 0.229 e. The van der Waals surface area contributed by atoms with E-state index in [1.807, 2.05) is 63.2 Å². The van der Waals surface area contributed by atoms with Crippen LogP contribution < -0.4 is 15.0 Å². The number of hydrogen-bond donors (Lipinski definition) is 2. The predicted octanol–water partition coefficient (Wildman–Crippen LogP) is 4.00. The molecule has 0 aliphatic carbocycles. The van der Waals surface area contributed by atoms with Gasteiger partial charge in [-0.15, -0.1) is 0 Å². The van der Waals surface area contributed by atoms with E-state index in [-0.39, 0.29) is 18.2 Å². The van der Waals surface area contributed by atoms with E-state index in [0.29, 0.717) is 23.7 Å². The second-order valence-corrected chi connectivity index (χ2v) is 8.06. The highest BCUT2D eigenvalue weighted by atomic mass is 16.5. The molecule has 2 heterocycles. The van der Waals surface area contributed by atoms with Gasteiger partial charge in [-0.25, -0.2) is 0 Å². The van der Waals surface area contributed by atoms with E-state index >= 15 is 0 Å². The van der Waals surface area contributed by atoms with Gasteiger partial charge in [0.05, 0.1) is 30.1 Å². The number of aromatic amines is 1. The summed E-state index contributed by atoms with van der Waals surface area (Å²) >= 11 is 0. The molecule has 2 N–H and O–H groups in total. The number of aryl methyl sites for hydroxylation is 3. The van der Waals surface area contributed by atoms with Crippen molar-refractivity contribution in [1.82, 2.24) is 10.2 Å². The third kappa shape index (κ3) is 4.17. The first-order valence-corrected chi connectivity index (χ1v) is 10.2. The summed E-state index contributed by atoms with van der Waals surface area (Å²) in [5.41, 5.74) is 6.03. The van der Waals surface area contributed by atoms with Crippen LogP contribution in [-0.2, 0) is 9.59 Å². The third-order valence-electron chi connectivity index (χ3n) is 5.54. The highest BCUT2D eigenvalue weighted by molar-refractivity contribution is 6.05. The summed E-state index contributed by atoms with van der Waals surface area (Å²) < 4.78 is 5.43. The summed E-state index contributed by atoms with van der Waals surface area (Å²) in [7, 11) is 1.58. The molecule has 1 saturated heterocycles. The molecule has 1 unspecified atom stereocenters. The molecule has 7 nitrogen and oxygen atoms in total. The number of methoxy groups -OCH3 is 1. The van der Waals surface area contributed by atoms with E-state index < -0.39 is 5.92 Å². The summed E-state index contributed by atoms with van der Waals surface area (Å²) in [5, 5.41) is 10.3. The van der Waals surface area contributed by atoms with Crippen LogP contribution in [0.5, 0.6) is 5.75 Å². The number of anilines is 2. The molecular weight excluding hydrogens is 392 g/mol. The Balaban J connectivity index is 1.56. The van der Waals surface area contributed by atoms with Crippen molar-refractivity contribution in [3.8, 4) is 17.0 Å². The molecule has 160 valence electrons. The number of carbonyl (C=O) groups excluding carboxylic acids is 2. The van der Waals surface area contributed by atoms with Crippen molar-refractivity contribution >= 4 is 23.2 Å². The molecule has 1 atom stereocenters. The molecule has 1 fully saturated rings. The number of ether oxygens (including phenoxy) is 1. The minimum atomic E-state index is -0.451.